The van der Waals surface area contributed by atoms with Gasteiger partial charge in [0.2, 0.25) is 0 Å². The van der Waals surface area contributed by atoms with Crippen molar-refractivity contribution in [1.29, 1.82) is 0 Å². The molecule has 7 nitrogen and oxygen atoms in total. The lowest BCUT2D eigenvalue weighted by atomic mass is 9.96. The van der Waals surface area contributed by atoms with Crippen molar-refractivity contribution in [2.75, 3.05) is 46.9 Å². The van der Waals surface area contributed by atoms with E-state index in [1.165, 1.54) is 0 Å². The largest absolute Gasteiger partial charge is 0.479 e. The molecule has 2 amide bonds. The quantitative estimate of drug-likeness (QED) is 0.775. The van der Waals surface area contributed by atoms with Crippen molar-refractivity contribution in [3.63, 3.8) is 0 Å². The lowest BCUT2D eigenvalue weighted by molar-refractivity contribution is -0.144. The summed E-state index contributed by atoms with van der Waals surface area (Å²) in [4.78, 5) is 27.6. The van der Waals surface area contributed by atoms with Gasteiger partial charge in [0, 0.05) is 32.7 Å². The van der Waals surface area contributed by atoms with Gasteiger partial charge >= 0.3 is 12.0 Å². The first-order chi connectivity index (χ1) is 9.93. The number of hydrogen-bond acceptors (Lipinski definition) is 4. The molecule has 0 aliphatic carbocycles. The first kappa shape index (κ1) is 16.0. The Hall–Kier alpha value is -1.34. The number of carboxylic acids is 1. The summed E-state index contributed by atoms with van der Waals surface area (Å²) in [6, 6.07) is -0.286. The van der Waals surface area contributed by atoms with E-state index in [0.29, 0.717) is 32.0 Å². The zero-order valence-corrected chi connectivity index (χ0v) is 12.8. The van der Waals surface area contributed by atoms with E-state index in [-0.39, 0.29) is 12.6 Å². The van der Waals surface area contributed by atoms with Crippen LogP contribution in [-0.2, 0) is 9.53 Å². The Labute approximate surface area is 125 Å². The number of carbonyl (C=O) groups excluding carboxylic acids is 1. The molecule has 0 aromatic rings. The molecule has 1 atom stereocenters. The molecule has 0 radical (unpaired) electrons. The first-order valence-corrected chi connectivity index (χ1v) is 7.46. The molecule has 120 valence electrons. The summed E-state index contributed by atoms with van der Waals surface area (Å²) < 4.78 is 5.15. The molecule has 0 aromatic carbocycles. The van der Waals surface area contributed by atoms with Crippen LogP contribution in [0.3, 0.4) is 0 Å². The molecule has 0 bridgehead atoms. The molecule has 2 aliphatic rings. The SMILES string of the molecule is CN(C)CC1CCN(C(=O)NC2(C(=O)O)CCOC2)CC1. The number of aliphatic carboxylic acids is 1. The Morgan fingerprint density at radius 1 is 1.38 bits per heavy atom. The van der Waals surface area contributed by atoms with Gasteiger partial charge in [-0.1, -0.05) is 0 Å². The van der Waals surface area contributed by atoms with Gasteiger partial charge in [-0.2, -0.15) is 0 Å². The van der Waals surface area contributed by atoms with Crippen LogP contribution in [0.15, 0.2) is 0 Å². The Kier molecular flexibility index (Phi) is 5.05. The van der Waals surface area contributed by atoms with Crippen molar-refractivity contribution in [2.24, 2.45) is 5.92 Å². The molecule has 2 N–H and O–H groups in total. The third-order valence-corrected chi connectivity index (χ3v) is 4.30. The molecule has 2 rings (SSSR count). The van der Waals surface area contributed by atoms with Gasteiger partial charge in [0.25, 0.3) is 0 Å². The van der Waals surface area contributed by atoms with E-state index < -0.39 is 11.5 Å². The fourth-order valence-electron chi connectivity index (χ4n) is 3.00. The molecule has 0 saturated carbocycles. The maximum absolute atomic E-state index is 12.3. The Morgan fingerprint density at radius 2 is 2.05 bits per heavy atom. The molecular formula is C14H25N3O4. The Bertz CT molecular complexity index is 386. The van der Waals surface area contributed by atoms with Crippen molar-refractivity contribution in [2.45, 2.75) is 24.8 Å². The number of piperidine rings is 1. The minimum Gasteiger partial charge on any atom is -0.479 e. The molecule has 1 unspecified atom stereocenters. The number of ether oxygens (including phenoxy) is 1. The van der Waals surface area contributed by atoms with E-state index >= 15 is 0 Å². The van der Waals surface area contributed by atoms with Crippen molar-refractivity contribution in [3.8, 4) is 0 Å². The molecule has 2 heterocycles. The van der Waals surface area contributed by atoms with E-state index in [9.17, 15) is 14.7 Å². The van der Waals surface area contributed by atoms with Gasteiger partial charge in [-0.3, -0.25) is 0 Å². The van der Waals surface area contributed by atoms with Crippen LogP contribution in [0.2, 0.25) is 0 Å². The molecule has 2 saturated heterocycles. The monoisotopic (exact) mass is 299 g/mol. The van der Waals surface area contributed by atoms with E-state index in [2.05, 4.69) is 24.3 Å². The van der Waals surface area contributed by atoms with Gasteiger partial charge < -0.3 is 25.0 Å². The summed E-state index contributed by atoms with van der Waals surface area (Å²) in [6.07, 6.45) is 2.25. The van der Waals surface area contributed by atoms with Gasteiger partial charge in [0.15, 0.2) is 5.54 Å². The predicted octanol–water partition coefficient (Wildman–Crippen LogP) is 0.213. The zero-order chi connectivity index (χ0) is 15.5. The number of urea groups is 1. The van der Waals surface area contributed by atoms with Gasteiger partial charge in [-0.25, -0.2) is 9.59 Å². The van der Waals surface area contributed by atoms with Crippen LogP contribution in [0, 0.1) is 5.92 Å². The summed E-state index contributed by atoms with van der Waals surface area (Å²) >= 11 is 0. The fraction of sp³-hybridized carbons (Fsp3) is 0.857. The van der Waals surface area contributed by atoms with E-state index in [1.807, 2.05) is 0 Å². The molecule has 0 aromatic heterocycles. The molecule has 21 heavy (non-hydrogen) atoms. The van der Waals surface area contributed by atoms with Gasteiger partial charge in [0.05, 0.1) is 6.61 Å². The van der Waals surface area contributed by atoms with Crippen LogP contribution in [-0.4, -0.2) is 79.4 Å². The number of nitrogens with zero attached hydrogens (tertiary/aromatic N) is 2. The van der Waals surface area contributed by atoms with E-state index in [4.69, 9.17) is 4.74 Å². The number of rotatable bonds is 4. The Balaban J connectivity index is 1.86. The standard InChI is InChI=1S/C14H25N3O4/c1-16(2)9-11-3-6-17(7-4-11)13(20)15-14(12(18)19)5-8-21-10-14/h11H,3-10H2,1-2H3,(H,15,20)(H,18,19). The Morgan fingerprint density at radius 3 is 2.52 bits per heavy atom. The van der Waals surface area contributed by atoms with Crippen LogP contribution in [0.4, 0.5) is 4.79 Å². The third-order valence-electron chi connectivity index (χ3n) is 4.30. The smallest absolute Gasteiger partial charge is 0.332 e. The second kappa shape index (κ2) is 6.62. The highest BCUT2D eigenvalue weighted by Gasteiger charge is 2.44. The maximum Gasteiger partial charge on any atom is 0.332 e. The van der Waals surface area contributed by atoms with E-state index in [1.54, 1.807) is 4.90 Å². The summed E-state index contributed by atoms with van der Waals surface area (Å²) in [5.41, 5.74) is -1.25. The van der Waals surface area contributed by atoms with Crippen LogP contribution in [0.25, 0.3) is 0 Å². The number of likely N-dealkylation sites (tertiary alicyclic amines) is 1. The van der Waals surface area contributed by atoms with Crippen molar-refractivity contribution < 1.29 is 19.4 Å². The van der Waals surface area contributed by atoms with Crippen molar-refractivity contribution >= 4 is 12.0 Å². The molecule has 0 spiro atoms. The lowest BCUT2D eigenvalue weighted by Gasteiger charge is -2.35. The van der Waals surface area contributed by atoms with Gasteiger partial charge in [-0.15, -0.1) is 0 Å². The summed E-state index contributed by atoms with van der Waals surface area (Å²) in [5, 5.41) is 12.0. The number of amides is 2. The summed E-state index contributed by atoms with van der Waals surface area (Å²) in [7, 11) is 4.10. The second-order valence-corrected chi connectivity index (χ2v) is 6.31. The van der Waals surface area contributed by atoms with Crippen molar-refractivity contribution in [3.05, 3.63) is 0 Å². The third kappa shape index (κ3) is 3.85. The fourth-order valence-corrected chi connectivity index (χ4v) is 3.00. The highest BCUT2D eigenvalue weighted by Crippen LogP contribution is 2.21. The van der Waals surface area contributed by atoms with Crippen LogP contribution in [0.1, 0.15) is 19.3 Å². The molecular weight excluding hydrogens is 274 g/mol. The highest BCUT2D eigenvalue weighted by atomic mass is 16.5. The van der Waals surface area contributed by atoms with Crippen LogP contribution in [0.5, 0.6) is 0 Å². The van der Waals surface area contributed by atoms with Crippen LogP contribution < -0.4 is 5.32 Å². The van der Waals surface area contributed by atoms with E-state index in [0.717, 1.165) is 19.4 Å². The minimum atomic E-state index is -1.25. The highest BCUT2D eigenvalue weighted by molar-refractivity contribution is 5.86. The first-order valence-electron chi connectivity index (χ1n) is 7.46. The average Bonchev–Trinajstić information content (AvgIpc) is 2.88. The van der Waals surface area contributed by atoms with Crippen LogP contribution >= 0.6 is 0 Å². The summed E-state index contributed by atoms with van der Waals surface area (Å²) in [5.74, 6) is -0.414. The topological polar surface area (TPSA) is 82.1 Å². The molecule has 7 heteroatoms. The number of carbonyl (C=O) groups is 2. The second-order valence-electron chi connectivity index (χ2n) is 6.31. The van der Waals surface area contributed by atoms with Gasteiger partial charge in [0.1, 0.15) is 0 Å². The minimum absolute atomic E-state index is 0.0468. The lowest BCUT2D eigenvalue weighted by Crippen LogP contribution is -2.59. The number of nitrogens with one attached hydrogen (secondary N) is 1. The molecule has 2 aliphatic heterocycles. The normalized spacial score (nSPS) is 27.1. The predicted molar refractivity (Wildman–Crippen MR) is 77.2 cm³/mol. The average molecular weight is 299 g/mol. The maximum atomic E-state index is 12.3. The number of hydrogen-bond donors (Lipinski definition) is 2. The number of carboxylic acid groups (broad SMARTS) is 1. The summed E-state index contributed by atoms with van der Waals surface area (Å²) in [6.45, 7) is 2.81. The zero-order valence-electron chi connectivity index (χ0n) is 12.8. The van der Waals surface area contributed by atoms with Gasteiger partial charge in [-0.05, 0) is 32.9 Å². The molecule has 2 fully saturated rings. The van der Waals surface area contributed by atoms with Crippen molar-refractivity contribution in [1.82, 2.24) is 15.1 Å².